The third-order valence-electron chi connectivity index (χ3n) is 12.9. The number of allylic oxidation sites excluding steroid dienone is 4. The molecule has 4 aliphatic rings. The van der Waals surface area contributed by atoms with Crippen LogP contribution in [0.2, 0.25) is 0 Å². The number of piperidine rings is 1. The molecule has 322 valence electrons. The zero-order chi connectivity index (χ0) is 42.2. The molecule has 14 atom stereocenters. The summed E-state index contributed by atoms with van der Waals surface area (Å²) < 4.78 is 29.7. The van der Waals surface area contributed by atoms with Gasteiger partial charge in [0.2, 0.25) is 5.79 Å². The van der Waals surface area contributed by atoms with Crippen molar-refractivity contribution in [3.05, 3.63) is 36.0 Å². The predicted octanol–water partition coefficient (Wildman–Crippen LogP) is 4.64. The predicted molar refractivity (Wildman–Crippen MR) is 213 cm³/mol. The van der Waals surface area contributed by atoms with Crippen molar-refractivity contribution < 1.29 is 58.2 Å². The van der Waals surface area contributed by atoms with Gasteiger partial charge in [0.25, 0.3) is 11.7 Å². The van der Waals surface area contributed by atoms with Crippen LogP contribution in [0.5, 0.6) is 0 Å². The van der Waals surface area contributed by atoms with Gasteiger partial charge in [-0.05, 0) is 95.5 Å². The van der Waals surface area contributed by atoms with Crippen LogP contribution in [0.4, 0.5) is 0 Å². The van der Waals surface area contributed by atoms with Crippen LogP contribution in [0.3, 0.4) is 0 Å². The minimum absolute atomic E-state index is 0.00988. The maximum absolute atomic E-state index is 14.3. The first-order valence-corrected chi connectivity index (χ1v) is 20.9. The Bertz CT molecular complexity index is 1480. The van der Waals surface area contributed by atoms with E-state index >= 15 is 0 Å². The second-order valence-electron chi connectivity index (χ2n) is 17.3. The summed E-state index contributed by atoms with van der Waals surface area (Å²) in [5.41, 5.74) is 1.61. The first kappa shape index (κ1) is 46.9. The molecule has 0 unspecified atom stereocenters. The highest BCUT2D eigenvalue weighted by atomic mass is 16.7. The third kappa shape index (κ3) is 11.3. The number of ether oxygens (including phenoxy) is 5. The Morgan fingerprint density at radius 1 is 0.930 bits per heavy atom. The van der Waals surface area contributed by atoms with E-state index in [9.17, 15) is 34.5 Å². The lowest BCUT2D eigenvalue weighted by molar-refractivity contribution is -0.302. The molecule has 1 saturated carbocycles. The van der Waals surface area contributed by atoms with Crippen molar-refractivity contribution in [3.63, 3.8) is 0 Å². The van der Waals surface area contributed by atoms with Gasteiger partial charge in [-0.25, -0.2) is 4.79 Å². The summed E-state index contributed by atoms with van der Waals surface area (Å²) in [4.78, 5) is 57.8. The average Bonchev–Trinajstić information content (AvgIpc) is 3.18. The number of hydrogen-bond acceptors (Lipinski definition) is 12. The molecule has 0 aromatic heterocycles. The topological polar surface area (TPSA) is 178 Å². The van der Waals surface area contributed by atoms with Crippen molar-refractivity contribution in [2.75, 3.05) is 27.9 Å². The molecule has 0 spiro atoms. The van der Waals surface area contributed by atoms with Crippen LogP contribution in [0, 0.1) is 29.6 Å². The molecule has 13 heteroatoms. The number of carbonyl (C=O) groups is 4. The van der Waals surface area contributed by atoms with E-state index in [4.69, 9.17) is 23.7 Å². The molecule has 0 aromatic rings. The van der Waals surface area contributed by atoms with E-state index < -0.39 is 83.9 Å². The second-order valence-corrected chi connectivity index (χ2v) is 17.3. The van der Waals surface area contributed by atoms with E-state index in [1.54, 1.807) is 27.0 Å². The number of carbonyl (C=O) groups excluding carboxylic acids is 4. The number of ketones is 2. The maximum Gasteiger partial charge on any atom is 0.329 e. The Morgan fingerprint density at radius 3 is 2.25 bits per heavy atom. The van der Waals surface area contributed by atoms with E-state index in [0.29, 0.717) is 56.9 Å². The van der Waals surface area contributed by atoms with Crippen LogP contribution in [0.1, 0.15) is 105 Å². The van der Waals surface area contributed by atoms with Crippen LogP contribution in [-0.2, 0) is 42.9 Å². The second kappa shape index (κ2) is 21.0. The number of amides is 1. The fourth-order valence-corrected chi connectivity index (χ4v) is 9.42. The Balaban J connectivity index is 1.78. The minimum Gasteiger partial charge on any atom is -0.456 e. The van der Waals surface area contributed by atoms with Crippen molar-refractivity contribution in [3.8, 4) is 0 Å². The van der Waals surface area contributed by atoms with E-state index in [1.807, 2.05) is 32.9 Å². The molecular formula is C44H69NO12. The highest BCUT2D eigenvalue weighted by molar-refractivity contribution is 6.39. The summed E-state index contributed by atoms with van der Waals surface area (Å²) in [5.74, 6) is -7.76. The molecular weight excluding hydrogens is 734 g/mol. The number of aliphatic hydroxyl groups excluding tert-OH is 2. The summed E-state index contributed by atoms with van der Waals surface area (Å²) in [6, 6.07) is -1.14. The summed E-state index contributed by atoms with van der Waals surface area (Å²) >= 11 is 0. The Hall–Kier alpha value is -2.78. The van der Waals surface area contributed by atoms with Crippen LogP contribution >= 0.6 is 0 Å². The van der Waals surface area contributed by atoms with Crippen LogP contribution in [-0.4, -0.2) is 126 Å². The fraction of sp³-hybridized carbons (Fsp3) is 0.773. The Kier molecular flexibility index (Phi) is 17.2. The SMILES string of the molecule is C=CC[C@@H]1/C=C(\C)C[C@H](C)C[C@H](OC)[C@H]2O[C@@](O)(C(=O)C(=O)N3CCCC[C@H]3C(=O)O[C@H](/C(C)=C/[C@@H]3CC[C@@H](O)[C@H](OC)C3)[C@H](C)[C@H](O)CC1=O)[C@H](C)C[C@@H]2OC. The van der Waals surface area contributed by atoms with Gasteiger partial charge in [0, 0.05) is 52.0 Å². The molecule has 2 saturated heterocycles. The smallest absolute Gasteiger partial charge is 0.329 e. The molecule has 57 heavy (non-hydrogen) atoms. The zero-order valence-corrected chi connectivity index (χ0v) is 35.4. The van der Waals surface area contributed by atoms with Gasteiger partial charge in [-0.2, -0.15) is 0 Å². The highest BCUT2D eigenvalue weighted by Gasteiger charge is 2.56. The monoisotopic (exact) mass is 803 g/mol. The van der Waals surface area contributed by atoms with Gasteiger partial charge in [0.05, 0.1) is 30.5 Å². The molecule has 4 rings (SSSR count). The van der Waals surface area contributed by atoms with E-state index in [-0.39, 0.29) is 49.5 Å². The van der Waals surface area contributed by atoms with Crippen molar-refractivity contribution in [1.82, 2.24) is 4.90 Å². The normalized spacial score (nSPS) is 41.0. The van der Waals surface area contributed by atoms with Crippen LogP contribution in [0.25, 0.3) is 0 Å². The van der Waals surface area contributed by atoms with Crippen molar-refractivity contribution in [1.29, 1.82) is 0 Å². The van der Waals surface area contributed by atoms with Gasteiger partial charge in [0.15, 0.2) is 0 Å². The first-order valence-electron chi connectivity index (χ1n) is 20.9. The molecule has 0 aromatic carbocycles. The molecule has 2 bridgehead atoms. The van der Waals surface area contributed by atoms with E-state index in [0.717, 1.165) is 5.57 Å². The van der Waals surface area contributed by atoms with Gasteiger partial charge in [-0.1, -0.05) is 44.6 Å². The quantitative estimate of drug-likeness (QED) is 0.185. The number of Topliss-reactive ketones (excluding diaryl/α,β-unsaturated/α-hetero) is 2. The molecule has 1 amide bonds. The minimum atomic E-state index is -2.51. The van der Waals surface area contributed by atoms with Gasteiger partial charge in [0.1, 0.15) is 24.0 Å². The summed E-state index contributed by atoms with van der Waals surface area (Å²) in [7, 11) is 4.61. The van der Waals surface area contributed by atoms with Crippen molar-refractivity contribution in [2.45, 2.75) is 160 Å². The number of cyclic esters (lactones) is 1. The van der Waals surface area contributed by atoms with Crippen LogP contribution in [0.15, 0.2) is 36.0 Å². The van der Waals surface area contributed by atoms with Gasteiger partial charge < -0.3 is 43.9 Å². The molecule has 3 N–H and O–H groups in total. The molecule has 3 heterocycles. The molecule has 13 nitrogen and oxygen atoms in total. The summed E-state index contributed by atoms with van der Waals surface area (Å²) in [6.07, 6.45) is 4.93. The van der Waals surface area contributed by atoms with Crippen molar-refractivity contribution in [2.24, 2.45) is 29.6 Å². The molecule has 1 aliphatic carbocycles. The van der Waals surface area contributed by atoms with Crippen molar-refractivity contribution >= 4 is 23.4 Å². The summed E-state index contributed by atoms with van der Waals surface area (Å²) in [6.45, 7) is 13.1. The number of fused-ring (bicyclic) bond motifs is 3. The Labute approximate surface area is 339 Å². The van der Waals surface area contributed by atoms with Gasteiger partial charge in [-0.3, -0.25) is 14.4 Å². The number of aliphatic hydroxyl groups is 3. The first-order chi connectivity index (χ1) is 27.0. The lowest BCUT2D eigenvalue weighted by Gasteiger charge is -2.47. The largest absolute Gasteiger partial charge is 0.456 e. The van der Waals surface area contributed by atoms with Gasteiger partial charge in [-0.15, -0.1) is 6.58 Å². The Morgan fingerprint density at radius 2 is 1.60 bits per heavy atom. The molecule has 3 aliphatic heterocycles. The number of esters is 1. The van der Waals surface area contributed by atoms with Gasteiger partial charge >= 0.3 is 5.97 Å². The number of methoxy groups -OCH3 is 3. The maximum atomic E-state index is 14.3. The van der Waals surface area contributed by atoms with Crippen LogP contribution < -0.4 is 0 Å². The standard InChI is InChI=1S/C44H69NO12/c1-10-13-31-19-25(2)18-26(3)20-37(54-8)40-38(55-9)22-28(5)44(52,57-40)41(49)42(50)45-17-12-11-14-32(45)43(51)56-39(29(6)34(47)24-35(31)48)27(4)21-30-15-16-33(46)36(23-30)53-7/h10,19,21,26,28-34,36-40,46-47,52H,1,11-18,20,22-24H2,2-9H3/b25-19+,27-21+/t26-,28+,29+,30-,31+,32-,33+,34+,36+,37-,38-,39+,40+,44+/m0/s1. The average molecular weight is 804 g/mol. The summed E-state index contributed by atoms with van der Waals surface area (Å²) in [5, 5.41) is 34.1. The number of rotatable bonds is 7. The zero-order valence-electron chi connectivity index (χ0n) is 35.4. The lowest BCUT2D eigenvalue weighted by atomic mass is 9.81. The lowest BCUT2D eigenvalue weighted by Crippen LogP contribution is -2.64. The number of nitrogens with zero attached hydrogens (tertiary/aromatic N) is 1. The molecule has 3 fully saturated rings. The third-order valence-corrected chi connectivity index (χ3v) is 12.9. The fourth-order valence-electron chi connectivity index (χ4n) is 9.42. The van der Waals surface area contributed by atoms with E-state index in [2.05, 4.69) is 6.58 Å². The van der Waals surface area contributed by atoms with E-state index in [1.165, 1.54) is 19.1 Å². The molecule has 0 radical (unpaired) electrons. The highest BCUT2D eigenvalue weighted by Crippen LogP contribution is 2.39. The number of hydrogen-bond donors (Lipinski definition) is 3.